The monoisotopic (exact) mass is 337 g/mol. The van der Waals surface area contributed by atoms with Gasteiger partial charge in [-0.2, -0.15) is 0 Å². The van der Waals surface area contributed by atoms with Crippen molar-refractivity contribution in [3.05, 3.63) is 65.7 Å². The van der Waals surface area contributed by atoms with Gasteiger partial charge < -0.3 is 4.57 Å². The van der Waals surface area contributed by atoms with Gasteiger partial charge in [0.1, 0.15) is 0 Å². The first-order valence-corrected chi connectivity index (χ1v) is 8.66. The maximum Gasteiger partial charge on any atom is 0.191 e. The molecule has 122 valence electrons. The Bertz CT molecular complexity index is 858. The van der Waals surface area contributed by atoms with Gasteiger partial charge in [0.25, 0.3) is 0 Å². The Morgan fingerprint density at radius 3 is 2.54 bits per heavy atom. The Labute approximate surface area is 145 Å². The fourth-order valence-corrected chi connectivity index (χ4v) is 3.39. The molecule has 0 saturated heterocycles. The van der Waals surface area contributed by atoms with Crippen molar-refractivity contribution >= 4 is 17.5 Å². The Morgan fingerprint density at radius 1 is 1.08 bits per heavy atom. The fraction of sp³-hybridized carbons (Fsp3) is 0.211. The van der Waals surface area contributed by atoms with Gasteiger partial charge in [-0.25, -0.2) is 0 Å². The number of thioether (sulfide) groups is 1. The quantitative estimate of drug-likeness (QED) is 0.518. The summed E-state index contributed by atoms with van der Waals surface area (Å²) in [4.78, 5) is 12.5. The molecule has 1 heterocycles. The van der Waals surface area contributed by atoms with Crippen LogP contribution in [0.4, 0.5) is 0 Å². The molecule has 24 heavy (non-hydrogen) atoms. The highest BCUT2D eigenvalue weighted by atomic mass is 32.2. The highest BCUT2D eigenvalue weighted by Gasteiger charge is 2.20. The van der Waals surface area contributed by atoms with Crippen molar-refractivity contribution < 1.29 is 4.79 Å². The Hall–Kier alpha value is -2.40. The van der Waals surface area contributed by atoms with Crippen molar-refractivity contribution in [2.24, 2.45) is 7.05 Å². The molecule has 2 aromatic carbocycles. The minimum Gasteiger partial charge on any atom is -0.305 e. The number of hydrogen-bond acceptors (Lipinski definition) is 4. The molecule has 1 aromatic heterocycles. The lowest BCUT2D eigenvalue weighted by Gasteiger charge is -2.10. The maximum absolute atomic E-state index is 12.5. The molecular weight excluding hydrogens is 318 g/mol. The van der Waals surface area contributed by atoms with Crippen LogP contribution in [0.2, 0.25) is 0 Å². The highest BCUT2D eigenvalue weighted by Crippen LogP contribution is 2.27. The number of carbonyl (C=O) groups is 1. The van der Waals surface area contributed by atoms with E-state index in [0.29, 0.717) is 0 Å². The fourth-order valence-electron chi connectivity index (χ4n) is 2.50. The molecule has 1 unspecified atom stereocenters. The molecule has 0 spiro atoms. The number of aromatic nitrogens is 3. The van der Waals surface area contributed by atoms with Crippen molar-refractivity contribution in [2.75, 3.05) is 0 Å². The molecule has 5 heteroatoms. The van der Waals surface area contributed by atoms with E-state index in [2.05, 4.69) is 29.3 Å². The van der Waals surface area contributed by atoms with Crippen LogP contribution in [-0.2, 0) is 7.05 Å². The van der Waals surface area contributed by atoms with Gasteiger partial charge in [-0.15, -0.1) is 10.2 Å². The molecule has 4 nitrogen and oxygen atoms in total. The predicted octanol–water partition coefficient (Wildman–Crippen LogP) is 4.15. The molecule has 0 fully saturated rings. The molecule has 0 aliphatic rings. The molecule has 0 bridgehead atoms. The van der Waals surface area contributed by atoms with Gasteiger partial charge in [0.05, 0.1) is 5.25 Å². The Kier molecular flexibility index (Phi) is 4.81. The van der Waals surface area contributed by atoms with Crippen LogP contribution in [0.1, 0.15) is 22.8 Å². The van der Waals surface area contributed by atoms with Crippen molar-refractivity contribution in [3.63, 3.8) is 0 Å². The van der Waals surface area contributed by atoms with Gasteiger partial charge in [-0.05, 0) is 19.9 Å². The Morgan fingerprint density at radius 2 is 1.83 bits per heavy atom. The highest BCUT2D eigenvalue weighted by molar-refractivity contribution is 8.00. The summed E-state index contributed by atoms with van der Waals surface area (Å²) in [5, 5.41) is 9.07. The van der Waals surface area contributed by atoms with E-state index in [1.807, 2.05) is 61.0 Å². The standard InChI is InChI=1S/C19H19N3OS/c1-13-8-7-11-16(12-13)18-20-21-19(22(18)3)24-14(2)17(23)15-9-5-4-6-10-15/h4-12,14H,1-3H3. The molecule has 0 radical (unpaired) electrons. The van der Waals surface area contributed by atoms with Crippen molar-refractivity contribution in [1.29, 1.82) is 0 Å². The van der Waals surface area contributed by atoms with Crippen molar-refractivity contribution in [1.82, 2.24) is 14.8 Å². The molecule has 0 aliphatic carbocycles. The van der Waals surface area contributed by atoms with Gasteiger partial charge in [0, 0.05) is 18.2 Å². The van der Waals surface area contributed by atoms with E-state index in [0.717, 1.165) is 22.1 Å². The number of benzene rings is 2. The number of ketones is 1. The van der Waals surface area contributed by atoms with E-state index in [9.17, 15) is 4.79 Å². The number of rotatable bonds is 5. The van der Waals surface area contributed by atoms with Crippen LogP contribution in [0.15, 0.2) is 59.8 Å². The lowest BCUT2D eigenvalue weighted by Crippen LogP contribution is -2.14. The normalized spacial score (nSPS) is 12.1. The van der Waals surface area contributed by atoms with E-state index >= 15 is 0 Å². The first kappa shape index (κ1) is 16.5. The number of aryl methyl sites for hydroxylation is 1. The predicted molar refractivity (Wildman–Crippen MR) is 97.3 cm³/mol. The summed E-state index contributed by atoms with van der Waals surface area (Å²) in [7, 11) is 1.93. The number of hydrogen-bond donors (Lipinski definition) is 0. The summed E-state index contributed by atoms with van der Waals surface area (Å²) in [5.74, 6) is 0.904. The summed E-state index contributed by atoms with van der Waals surface area (Å²) in [6.07, 6.45) is 0. The van der Waals surface area contributed by atoms with Gasteiger partial charge in [0.15, 0.2) is 16.8 Å². The second kappa shape index (κ2) is 7.01. The first-order chi connectivity index (χ1) is 11.6. The Balaban J connectivity index is 1.80. The summed E-state index contributed by atoms with van der Waals surface area (Å²) < 4.78 is 1.94. The third-order valence-corrected chi connectivity index (χ3v) is 4.95. The van der Waals surface area contributed by atoms with Gasteiger partial charge in [0.2, 0.25) is 0 Å². The van der Waals surface area contributed by atoms with E-state index in [1.165, 1.54) is 17.3 Å². The zero-order chi connectivity index (χ0) is 17.1. The minimum absolute atomic E-state index is 0.0979. The molecule has 3 rings (SSSR count). The van der Waals surface area contributed by atoms with Crippen LogP contribution in [0, 0.1) is 6.92 Å². The van der Waals surface area contributed by atoms with E-state index in [1.54, 1.807) is 0 Å². The minimum atomic E-state index is -0.222. The van der Waals surface area contributed by atoms with Crippen molar-refractivity contribution in [2.45, 2.75) is 24.3 Å². The molecule has 0 saturated carbocycles. The SMILES string of the molecule is Cc1cccc(-c2nnc(SC(C)C(=O)c3ccccc3)n2C)c1. The second-order valence-corrected chi connectivity index (χ2v) is 7.03. The van der Waals surface area contributed by atoms with Crippen LogP contribution in [-0.4, -0.2) is 25.8 Å². The zero-order valence-corrected chi connectivity index (χ0v) is 14.7. The third kappa shape index (κ3) is 3.41. The molecule has 0 aliphatic heterocycles. The first-order valence-electron chi connectivity index (χ1n) is 7.78. The lowest BCUT2D eigenvalue weighted by molar-refractivity contribution is 0.0994. The van der Waals surface area contributed by atoms with Gasteiger partial charge >= 0.3 is 0 Å². The number of Topliss-reactive ketones (excluding diaryl/α,β-unsaturated/α-hetero) is 1. The molecule has 1 atom stereocenters. The van der Waals surface area contributed by atoms with E-state index in [4.69, 9.17) is 0 Å². The van der Waals surface area contributed by atoms with Crippen LogP contribution >= 0.6 is 11.8 Å². The van der Waals surface area contributed by atoms with E-state index in [-0.39, 0.29) is 11.0 Å². The summed E-state index contributed by atoms with van der Waals surface area (Å²) >= 11 is 1.43. The second-order valence-electron chi connectivity index (χ2n) is 5.73. The molecular formula is C19H19N3OS. The van der Waals surface area contributed by atoms with Gasteiger partial charge in [-0.1, -0.05) is 65.9 Å². The summed E-state index contributed by atoms with van der Waals surface area (Å²) in [6.45, 7) is 3.96. The average Bonchev–Trinajstić information content (AvgIpc) is 2.95. The average molecular weight is 337 g/mol. The molecule has 3 aromatic rings. The van der Waals surface area contributed by atoms with Crippen molar-refractivity contribution in [3.8, 4) is 11.4 Å². The molecule has 0 amide bonds. The van der Waals surface area contributed by atoms with Crippen LogP contribution in [0.25, 0.3) is 11.4 Å². The number of carbonyl (C=O) groups excluding carboxylic acids is 1. The molecule has 0 N–H and O–H groups in total. The van der Waals surface area contributed by atoms with Crippen LogP contribution in [0.5, 0.6) is 0 Å². The largest absolute Gasteiger partial charge is 0.305 e. The number of nitrogens with zero attached hydrogens (tertiary/aromatic N) is 3. The van der Waals surface area contributed by atoms with Crippen LogP contribution < -0.4 is 0 Å². The topological polar surface area (TPSA) is 47.8 Å². The summed E-state index contributed by atoms with van der Waals surface area (Å²) in [5.41, 5.74) is 2.93. The lowest BCUT2D eigenvalue weighted by atomic mass is 10.1. The van der Waals surface area contributed by atoms with Gasteiger partial charge in [-0.3, -0.25) is 4.79 Å². The summed E-state index contributed by atoms with van der Waals surface area (Å²) in [6, 6.07) is 17.5. The third-order valence-electron chi connectivity index (χ3n) is 3.82. The smallest absolute Gasteiger partial charge is 0.191 e. The van der Waals surface area contributed by atoms with Crippen LogP contribution in [0.3, 0.4) is 0 Å². The van der Waals surface area contributed by atoms with E-state index < -0.39 is 0 Å². The maximum atomic E-state index is 12.5. The zero-order valence-electron chi connectivity index (χ0n) is 13.9.